The lowest BCUT2D eigenvalue weighted by molar-refractivity contribution is -0.139. The van der Waals surface area contributed by atoms with Gasteiger partial charge in [-0.2, -0.15) is 0 Å². The predicted molar refractivity (Wildman–Crippen MR) is 152 cm³/mol. The van der Waals surface area contributed by atoms with E-state index in [2.05, 4.69) is 21.1 Å². The van der Waals surface area contributed by atoms with Crippen LogP contribution in [-0.2, 0) is 25.7 Å². The molecule has 0 saturated carbocycles. The quantitative estimate of drug-likeness (QED) is 0.219. The molecule has 1 fully saturated rings. The van der Waals surface area contributed by atoms with Crippen molar-refractivity contribution in [3.05, 3.63) is 94.3 Å². The van der Waals surface area contributed by atoms with Crippen molar-refractivity contribution < 1.29 is 28.4 Å². The maximum atomic E-state index is 13.5. The molecule has 0 spiro atoms. The van der Waals surface area contributed by atoms with E-state index in [0.29, 0.717) is 18.7 Å². The van der Waals surface area contributed by atoms with Crippen molar-refractivity contribution in [2.75, 3.05) is 11.9 Å². The highest BCUT2D eigenvalue weighted by Crippen LogP contribution is 2.19. The van der Waals surface area contributed by atoms with E-state index in [1.54, 1.807) is 19.9 Å². The number of aromatic nitrogens is 2. The summed E-state index contributed by atoms with van der Waals surface area (Å²) in [6.45, 7) is 4.01. The van der Waals surface area contributed by atoms with Crippen molar-refractivity contribution in [3.63, 3.8) is 0 Å². The van der Waals surface area contributed by atoms with Gasteiger partial charge in [-0.05, 0) is 43.9 Å². The monoisotopic (exact) mass is 575 g/mol. The van der Waals surface area contributed by atoms with Gasteiger partial charge in [0.25, 0.3) is 11.5 Å². The minimum Gasteiger partial charge on any atom is -0.458 e. The van der Waals surface area contributed by atoms with Gasteiger partial charge in [-0.3, -0.25) is 19.2 Å². The molecule has 1 aliphatic rings. The van der Waals surface area contributed by atoms with Crippen LogP contribution >= 0.6 is 0 Å². The van der Waals surface area contributed by atoms with E-state index in [-0.39, 0.29) is 42.7 Å². The number of hydrogen-bond acceptors (Lipinski definition) is 8. The third-order valence-electron chi connectivity index (χ3n) is 6.83. The molecule has 42 heavy (non-hydrogen) atoms. The molecule has 220 valence electrons. The number of nitrogens with one attached hydrogen (secondary N) is 3. The van der Waals surface area contributed by atoms with Crippen LogP contribution in [0.4, 0.5) is 5.69 Å². The van der Waals surface area contributed by atoms with E-state index < -0.39 is 35.4 Å². The van der Waals surface area contributed by atoms with E-state index in [9.17, 15) is 24.0 Å². The maximum absolute atomic E-state index is 13.5. The average Bonchev–Trinajstić information content (AvgIpc) is 3.61. The van der Waals surface area contributed by atoms with E-state index in [4.69, 9.17) is 9.26 Å². The molecule has 3 N–H and O–H groups in total. The zero-order valence-corrected chi connectivity index (χ0v) is 23.4. The van der Waals surface area contributed by atoms with Crippen LogP contribution in [0.25, 0.3) is 0 Å². The Morgan fingerprint density at radius 2 is 1.98 bits per heavy atom. The average molecular weight is 576 g/mol. The minimum absolute atomic E-state index is 0.0139. The van der Waals surface area contributed by atoms with Gasteiger partial charge in [0.1, 0.15) is 24.1 Å². The van der Waals surface area contributed by atoms with Crippen molar-refractivity contribution in [1.29, 1.82) is 0 Å². The van der Waals surface area contributed by atoms with Crippen molar-refractivity contribution in [1.82, 2.24) is 20.4 Å². The SMILES string of the molecule is CCC(C(=O)NC(C=CC(=O)OCc1ccccc1)CC1CCNC1=O)n1cccc(NC(=O)c2cc(C)on2)c1=O. The smallest absolute Gasteiger partial charge is 0.330 e. The fraction of sp³-hybridized carbons (Fsp3) is 0.333. The molecule has 1 aromatic carbocycles. The second kappa shape index (κ2) is 14.1. The van der Waals surface area contributed by atoms with Gasteiger partial charge in [-0.1, -0.05) is 48.5 Å². The Hall–Kier alpha value is -5.00. The third-order valence-corrected chi connectivity index (χ3v) is 6.83. The maximum Gasteiger partial charge on any atom is 0.330 e. The number of ether oxygens (including phenoxy) is 1. The predicted octanol–water partition coefficient (Wildman–Crippen LogP) is 2.66. The minimum atomic E-state index is -0.929. The van der Waals surface area contributed by atoms with Crippen LogP contribution in [0.5, 0.6) is 0 Å². The summed E-state index contributed by atoms with van der Waals surface area (Å²) >= 11 is 0. The second-order valence-corrected chi connectivity index (χ2v) is 9.92. The Labute approximate surface area is 242 Å². The molecule has 2 aromatic heterocycles. The number of aryl methyl sites for hydroxylation is 1. The lowest BCUT2D eigenvalue weighted by Crippen LogP contribution is -2.42. The summed E-state index contributed by atoms with van der Waals surface area (Å²) in [6.07, 6.45) is 5.31. The van der Waals surface area contributed by atoms with Crippen LogP contribution in [0.1, 0.15) is 54.0 Å². The highest BCUT2D eigenvalue weighted by molar-refractivity contribution is 6.02. The molecule has 4 rings (SSSR count). The Kier molecular flexibility index (Phi) is 10.0. The number of rotatable bonds is 12. The lowest BCUT2D eigenvalue weighted by atomic mass is 9.97. The number of anilines is 1. The van der Waals surface area contributed by atoms with Gasteiger partial charge in [-0.25, -0.2) is 4.79 Å². The number of carbonyl (C=O) groups is 4. The van der Waals surface area contributed by atoms with E-state index in [0.717, 1.165) is 5.56 Å². The summed E-state index contributed by atoms with van der Waals surface area (Å²) in [5.41, 5.74) is 0.229. The van der Waals surface area contributed by atoms with Gasteiger partial charge in [0.05, 0.1) is 0 Å². The normalized spacial score (nSPS) is 16.0. The first kappa shape index (κ1) is 30.0. The van der Waals surface area contributed by atoms with Crippen molar-refractivity contribution >= 4 is 29.4 Å². The number of nitrogens with zero attached hydrogens (tertiary/aromatic N) is 2. The topological polar surface area (TPSA) is 162 Å². The van der Waals surface area contributed by atoms with E-state index in [1.165, 1.54) is 35.0 Å². The molecular formula is C30H33N5O7. The van der Waals surface area contributed by atoms with Crippen LogP contribution in [0.2, 0.25) is 0 Å². The van der Waals surface area contributed by atoms with Gasteiger partial charge in [0.15, 0.2) is 5.69 Å². The molecule has 1 saturated heterocycles. The van der Waals surface area contributed by atoms with Crippen molar-refractivity contribution in [2.45, 2.75) is 51.8 Å². The zero-order valence-electron chi connectivity index (χ0n) is 23.4. The Bertz CT molecular complexity index is 1510. The van der Waals surface area contributed by atoms with E-state index >= 15 is 0 Å². The second-order valence-electron chi connectivity index (χ2n) is 9.92. The highest BCUT2D eigenvalue weighted by Gasteiger charge is 2.29. The first-order valence-corrected chi connectivity index (χ1v) is 13.7. The number of benzene rings is 1. The van der Waals surface area contributed by atoms with Crippen LogP contribution in [0.15, 0.2) is 76.2 Å². The number of amides is 3. The Balaban J connectivity index is 1.47. The van der Waals surface area contributed by atoms with Crippen LogP contribution in [0.3, 0.4) is 0 Å². The molecule has 3 heterocycles. The molecular weight excluding hydrogens is 542 g/mol. The molecule has 0 radical (unpaired) electrons. The Morgan fingerprint density at radius 1 is 1.19 bits per heavy atom. The lowest BCUT2D eigenvalue weighted by Gasteiger charge is -2.23. The van der Waals surface area contributed by atoms with Crippen LogP contribution in [-0.4, -0.2) is 46.0 Å². The highest BCUT2D eigenvalue weighted by atomic mass is 16.5. The summed E-state index contributed by atoms with van der Waals surface area (Å²) in [5.74, 6) is -1.73. The standard InChI is InChI=1S/C30H33N5O7/c1-3-25(35-15-7-10-23(30(35)40)33-28(38)24-16-19(2)42-34-24)29(39)32-22(17-21-13-14-31-27(21)37)11-12-26(36)41-18-20-8-5-4-6-9-20/h4-12,15-16,21-22,25H,3,13-14,17-18H2,1-2H3,(H,31,37)(H,32,39)(H,33,38). The summed E-state index contributed by atoms with van der Waals surface area (Å²) in [4.78, 5) is 63.9. The van der Waals surface area contributed by atoms with Gasteiger partial charge in [0.2, 0.25) is 11.8 Å². The number of carbonyl (C=O) groups excluding carboxylic acids is 4. The number of hydrogen-bond donors (Lipinski definition) is 3. The van der Waals surface area contributed by atoms with Gasteiger partial charge in [-0.15, -0.1) is 0 Å². The first-order valence-electron chi connectivity index (χ1n) is 13.7. The molecule has 3 atom stereocenters. The molecule has 0 aliphatic carbocycles. The van der Waals surface area contributed by atoms with Gasteiger partial charge in [0, 0.05) is 36.8 Å². The summed E-state index contributed by atoms with van der Waals surface area (Å²) in [7, 11) is 0. The molecule has 1 aliphatic heterocycles. The molecule has 3 unspecified atom stereocenters. The fourth-order valence-electron chi connectivity index (χ4n) is 4.63. The molecule has 0 bridgehead atoms. The summed E-state index contributed by atoms with van der Waals surface area (Å²) in [5, 5.41) is 11.8. The summed E-state index contributed by atoms with van der Waals surface area (Å²) in [6, 6.07) is 12.0. The van der Waals surface area contributed by atoms with Gasteiger partial charge < -0.3 is 29.8 Å². The first-order chi connectivity index (χ1) is 20.2. The zero-order chi connectivity index (χ0) is 30.1. The molecule has 3 amide bonds. The van der Waals surface area contributed by atoms with Crippen molar-refractivity contribution in [2.24, 2.45) is 5.92 Å². The molecule has 3 aromatic rings. The third kappa shape index (κ3) is 7.80. The fourth-order valence-corrected chi connectivity index (χ4v) is 4.63. The van der Waals surface area contributed by atoms with E-state index in [1.807, 2.05) is 30.3 Å². The van der Waals surface area contributed by atoms with Crippen LogP contribution in [0, 0.1) is 12.8 Å². The van der Waals surface area contributed by atoms with Crippen molar-refractivity contribution in [3.8, 4) is 0 Å². The number of esters is 1. The van der Waals surface area contributed by atoms with Gasteiger partial charge >= 0.3 is 5.97 Å². The van der Waals surface area contributed by atoms with Crippen LogP contribution < -0.4 is 21.5 Å². The molecule has 12 heteroatoms. The number of pyridine rings is 1. The molecule has 12 nitrogen and oxygen atoms in total. The Morgan fingerprint density at radius 3 is 2.64 bits per heavy atom. The largest absolute Gasteiger partial charge is 0.458 e. The summed E-state index contributed by atoms with van der Waals surface area (Å²) < 4.78 is 11.4.